The van der Waals surface area contributed by atoms with Gasteiger partial charge in [0.05, 0.1) is 12.9 Å². The molecule has 13 heavy (non-hydrogen) atoms. The first-order valence-corrected chi connectivity index (χ1v) is 4.51. The van der Waals surface area contributed by atoms with Crippen LogP contribution in [0.3, 0.4) is 0 Å². The minimum Gasteiger partial charge on any atom is -0.383 e. The van der Waals surface area contributed by atoms with Crippen molar-refractivity contribution in [3.8, 4) is 0 Å². The largest absolute Gasteiger partial charge is 0.383 e. The lowest BCUT2D eigenvalue weighted by Crippen LogP contribution is -2.32. The molecule has 4 heteroatoms. The summed E-state index contributed by atoms with van der Waals surface area (Å²) in [6.07, 6.45) is 5.57. The Kier molecular flexibility index (Phi) is 4.49. The smallest absolute Gasteiger partial charge is 0.0946 e. The summed E-state index contributed by atoms with van der Waals surface area (Å²) in [5, 5.41) is 3.35. The third-order valence-corrected chi connectivity index (χ3v) is 1.84. The summed E-state index contributed by atoms with van der Waals surface area (Å²) in [6.45, 7) is 4.76. The van der Waals surface area contributed by atoms with Crippen LogP contribution < -0.4 is 5.32 Å². The molecule has 1 heterocycles. The molecule has 0 saturated carbocycles. The second-order valence-corrected chi connectivity index (χ2v) is 3.11. The fraction of sp³-hybridized carbons (Fsp3) is 0.667. The number of methoxy groups -OCH3 is 1. The Morgan fingerprint density at radius 1 is 1.62 bits per heavy atom. The maximum atomic E-state index is 5.01. The lowest BCUT2D eigenvalue weighted by molar-refractivity contribution is 0.172. The van der Waals surface area contributed by atoms with Gasteiger partial charge in [-0.1, -0.05) is 0 Å². The molecule has 0 radical (unpaired) electrons. The molecule has 1 atom stereocenters. The predicted octanol–water partition coefficient (Wildman–Crippen LogP) is 0.508. The first-order valence-electron chi connectivity index (χ1n) is 4.51. The van der Waals surface area contributed by atoms with Crippen LogP contribution in [0.5, 0.6) is 0 Å². The zero-order valence-corrected chi connectivity index (χ0v) is 8.23. The SMILES string of the molecule is COCC(C)NCCn1ccnc1. The van der Waals surface area contributed by atoms with Crippen molar-refractivity contribution >= 4 is 0 Å². The average molecular weight is 183 g/mol. The van der Waals surface area contributed by atoms with Crippen molar-refractivity contribution in [2.75, 3.05) is 20.3 Å². The van der Waals surface area contributed by atoms with Crippen LogP contribution >= 0.6 is 0 Å². The van der Waals surface area contributed by atoms with Crippen LogP contribution in [0.2, 0.25) is 0 Å². The van der Waals surface area contributed by atoms with Crippen molar-refractivity contribution in [3.63, 3.8) is 0 Å². The van der Waals surface area contributed by atoms with Gasteiger partial charge in [-0.2, -0.15) is 0 Å². The summed E-state index contributed by atoms with van der Waals surface area (Å²) in [5.41, 5.74) is 0. The summed E-state index contributed by atoms with van der Waals surface area (Å²) in [4.78, 5) is 3.97. The summed E-state index contributed by atoms with van der Waals surface area (Å²) in [5.74, 6) is 0. The first kappa shape index (κ1) is 10.2. The molecule has 0 amide bonds. The molecular formula is C9H17N3O. The quantitative estimate of drug-likeness (QED) is 0.698. The molecule has 4 nitrogen and oxygen atoms in total. The second kappa shape index (κ2) is 5.72. The number of rotatable bonds is 6. The van der Waals surface area contributed by atoms with Crippen molar-refractivity contribution in [1.29, 1.82) is 0 Å². The van der Waals surface area contributed by atoms with Gasteiger partial charge in [-0.25, -0.2) is 4.98 Å². The highest BCUT2D eigenvalue weighted by Gasteiger charge is 1.98. The first-order chi connectivity index (χ1) is 6.33. The molecule has 1 unspecified atom stereocenters. The Morgan fingerprint density at radius 2 is 2.46 bits per heavy atom. The van der Waals surface area contributed by atoms with E-state index in [1.807, 2.05) is 17.1 Å². The Bertz CT molecular complexity index is 211. The minimum atomic E-state index is 0.411. The normalized spacial score (nSPS) is 13.1. The fourth-order valence-electron chi connectivity index (χ4n) is 1.17. The van der Waals surface area contributed by atoms with Gasteiger partial charge in [-0.3, -0.25) is 0 Å². The van der Waals surface area contributed by atoms with E-state index in [1.165, 1.54) is 0 Å². The summed E-state index contributed by atoms with van der Waals surface area (Å²) >= 11 is 0. The van der Waals surface area contributed by atoms with E-state index in [-0.39, 0.29) is 0 Å². The van der Waals surface area contributed by atoms with Crippen LogP contribution in [-0.4, -0.2) is 35.9 Å². The molecule has 0 aliphatic carbocycles. The standard InChI is InChI=1S/C9H17N3O/c1-9(7-13-2)11-4-6-12-5-3-10-8-12/h3,5,8-9,11H,4,6-7H2,1-2H3. The van der Waals surface area contributed by atoms with E-state index in [2.05, 4.69) is 17.2 Å². The van der Waals surface area contributed by atoms with Crippen molar-refractivity contribution in [2.45, 2.75) is 19.5 Å². The van der Waals surface area contributed by atoms with E-state index >= 15 is 0 Å². The number of nitrogens with zero attached hydrogens (tertiary/aromatic N) is 2. The summed E-state index contributed by atoms with van der Waals surface area (Å²) < 4.78 is 7.06. The van der Waals surface area contributed by atoms with E-state index in [9.17, 15) is 0 Å². The molecule has 1 aromatic rings. The average Bonchev–Trinajstić information content (AvgIpc) is 2.57. The topological polar surface area (TPSA) is 39.1 Å². The Balaban J connectivity index is 2.07. The number of nitrogens with one attached hydrogen (secondary N) is 1. The van der Waals surface area contributed by atoms with Crippen LogP contribution in [0.1, 0.15) is 6.92 Å². The molecule has 74 valence electrons. The molecule has 1 rings (SSSR count). The lowest BCUT2D eigenvalue weighted by Gasteiger charge is -2.12. The second-order valence-electron chi connectivity index (χ2n) is 3.11. The molecule has 1 aromatic heterocycles. The van der Waals surface area contributed by atoms with E-state index in [4.69, 9.17) is 4.74 Å². The maximum absolute atomic E-state index is 5.01. The van der Waals surface area contributed by atoms with Crippen molar-refractivity contribution in [3.05, 3.63) is 18.7 Å². The molecule has 0 aliphatic heterocycles. The van der Waals surface area contributed by atoms with Gasteiger partial charge in [0.15, 0.2) is 0 Å². The summed E-state index contributed by atoms with van der Waals surface area (Å²) in [6, 6.07) is 0.411. The molecule has 0 spiro atoms. The van der Waals surface area contributed by atoms with Crippen LogP contribution in [0.25, 0.3) is 0 Å². The van der Waals surface area contributed by atoms with E-state index < -0.39 is 0 Å². The highest BCUT2D eigenvalue weighted by Crippen LogP contribution is 1.86. The molecule has 0 saturated heterocycles. The third kappa shape index (κ3) is 4.05. The van der Waals surface area contributed by atoms with Gasteiger partial charge in [0.2, 0.25) is 0 Å². The van der Waals surface area contributed by atoms with Crippen molar-refractivity contribution < 1.29 is 4.74 Å². The van der Waals surface area contributed by atoms with Gasteiger partial charge in [-0.05, 0) is 6.92 Å². The highest BCUT2D eigenvalue weighted by atomic mass is 16.5. The van der Waals surface area contributed by atoms with Gasteiger partial charge in [-0.15, -0.1) is 0 Å². The Labute approximate surface area is 78.9 Å². The van der Waals surface area contributed by atoms with Crippen molar-refractivity contribution in [1.82, 2.24) is 14.9 Å². The molecule has 0 aliphatic rings. The van der Waals surface area contributed by atoms with Crippen LogP contribution in [0.15, 0.2) is 18.7 Å². The van der Waals surface area contributed by atoms with E-state index in [0.717, 1.165) is 19.7 Å². The molecule has 0 fully saturated rings. The predicted molar refractivity (Wildman–Crippen MR) is 51.6 cm³/mol. The number of imidazole rings is 1. The highest BCUT2D eigenvalue weighted by molar-refractivity contribution is 4.74. The minimum absolute atomic E-state index is 0.411. The van der Waals surface area contributed by atoms with E-state index in [0.29, 0.717) is 6.04 Å². The molecule has 0 bridgehead atoms. The number of hydrogen-bond acceptors (Lipinski definition) is 3. The van der Waals surface area contributed by atoms with Crippen molar-refractivity contribution in [2.24, 2.45) is 0 Å². The monoisotopic (exact) mass is 183 g/mol. The Morgan fingerprint density at radius 3 is 3.08 bits per heavy atom. The lowest BCUT2D eigenvalue weighted by atomic mass is 10.3. The van der Waals surface area contributed by atoms with Gasteiger partial charge in [0, 0.05) is 38.6 Å². The van der Waals surface area contributed by atoms with Gasteiger partial charge < -0.3 is 14.6 Å². The van der Waals surface area contributed by atoms with Gasteiger partial charge in [0.25, 0.3) is 0 Å². The summed E-state index contributed by atoms with van der Waals surface area (Å²) in [7, 11) is 1.72. The molecule has 0 aromatic carbocycles. The van der Waals surface area contributed by atoms with Crippen LogP contribution in [0, 0.1) is 0 Å². The van der Waals surface area contributed by atoms with Crippen LogP contribution in [-0.2, 0) is 11.3 Å². The van der Waals surface area contributed by atoms with Gasteiger partial charge in [0.1, 0.15) is 0 Å². The number of ether oxygens (including phenoxy) is 1. The zero-order chi connectivity index (χ0) is 9.52. The number of aromatic nitrogens is 2. The zero-order valence-electron chi connectivity index (χ0n) is 8.23. The number of hydrogen-bond donors (Lipinski definition) is 1. The van der Waals surface area contributed by atoms with Crippen LogP contribution in [0.4, 0.5) is 0 Å². The molecular weight excluding hydrogens is 166 g/mol. The third-order valence-electron chi connectivity index (χ3n) is 1.84. The maximum Gasteiger partial charge on any atom is 0.0946 e. The molecule has 1 N–H and O–H groups in total. The Hall–Kier alpha value is -0.870. The van der Waals surface area contributed by atoms with Gasteiger partial charge >= 0.3 is 0 Å². The fourth-order valence-corrected chi connectivity index (χ4v) is 1.17. The van der Waals surface area contributed by atoms with E-state index in [1.54, 1.807) is 13.3 Å².